The SMILES string of the molecule is O=C(c1cncc(F)c1)c1cc(C(F)(F)F)ccc1F. The number of pyridine rings is 1. The molecule has 0 bridgehead atoms. The minimum Gasteiger partial charge on any atom is -0.288 e. The molecule has 2 nitrogen and oxygen atoms in total. The molecule has 20 heavy (non-hydrogen) atoms. The van der Waals surface area contributed by atoms with Crippen LogP contribution in [0.1, 0.15) is 21.5 Å². The van der Waals surface area contributed by atoms with Crippen LogP contribution >= 0.6 is 0 Å². The fourth-order valence-corrected chi connectivity index (χ4v) is 1.57. The second-order valence-corrected chi connectivity index (χ2v) is 3.91. The topological polar surface area (TPSA) is 30.0 Å². The van der Waals surface area contributed by atoms with Crippen LogP contribution in [0.5, 0.6) is 0 Å². The zero-order chi connectivity index (χ0) is 14.9. The number of benzene rings is 1. The van der Waals surface area contributed by atoms with Crippen LogP contribution in [0.25, 0.3) is 0 Å². The number of hydrogen-bond donors (Lipinski definition) is 0. The fraction of sp³-hybridized carbons (Fsp3) is 0.0769. The van der Waals surface area contributed by atoms with Crippen molar-refractivity contribution in [3.63, 3.8) is 0 Å². The van der Waals surface area contributed by atoms with Gasteiger partial charge in [-0.1, -0.05) is 0 Å². The quantitative estimate of drug-likeness (QED) is 0.624. The lowest BCUT2D eigenvalue weighted by atomic mass is 10.0. The van der Waals surface area contributed by atoms with E-state index in [2.05, 4.69) is 4.98 Å². The van der Waals surface area contributed by atoms with Crippen LogP contribution in [-0.2, 0) is 6.18 Å². The van der Waals surface area contributed by atoms with E-state index in [-0.39, 0.29) is 5.56 Å². The standard InChI is InChI=1S/C13H6F5NO/c14-9-3-7(5-19-6-9)12(20)10-4-8(13(16,17)18)1-2-11(10)15/h1-6H. The van der Waals surface area contributed by atoms with Gasteiger partial charge in [0.2, 0.25) is 0 Å². The second kappa shape index (κ2) is 4.99. The molecule has 0 aliphatic heterocycles. The van der Waals surface area contributed by atoms with Crippen molar-refractivity contribution in [2.75, 3.05) is 0 Å². The molecule has 0 saturated carbocycles. The number of aromatic nitrogens is 1. The minimum atomic E-state index is -4.71. The molecule has 0 saturated heterocycles. The van der Waals surface area contributed by atoms with Crippen molar-refractivity contribution < 1.29 is 26.7 Å². The van der Waals surface area contributed by atoms with Crippen LogP contribution in [0.3, 0.4) is 0 Å². The van der Waals surface area contributed by atoms with Gasteiger partial charge in [-0.05, 0) is 24.3 Å². The molecule has 0 amide bonds. The van der Waals surface area contributed by atoms with Crippen LogP contribution in [-0.4, -0.2) is 10.8 Å². The number of ketones is 1. The molecule has 104 valence electrons. The smallest absolute Gasteiger partial charge is 0.288 e. The van der Waals surface area contributed by atoms with E-state index in [1.54, 1.807) is 0 Å². The van der Waals surface area contributed by atoms with Crippen LogP contribution in [0, 0.1) is 11.6 Å². The zero-order valence-corrected chi connectivity index (χ0v) is 9.71. The lowest BCUT2D eigenvalue weighted by Crippen LogP contribution is -2.10. The van der Waals surface area contributed by atoms with Gasteiger partial charge in [-0.25, -0.2) is 8.78 Å². The molecule has 2 aromatic rings. The molecule has 0 N–H and O–H groups in total. The van der Waals surface area contributed by atoms with Gasteiger partial charge in [-0.3, -0.25) is 9.78 Å². The number of hydrogen-bond acceptors (Lipinski definition) is 2. The summed E-state index contributed by atoms with van der Waals surface area (Å²) in [5.41, 5.74) is -2.28. The third-order valence-corrected chi connectivity index (χ3v) is 2.51. The van der Waals surface area contributed by atoms with Crippen LogP contribution < -0.4 is 0 Å². The normalized spacial score (nSPS) is 11.4. The minimum absolute atomic E-state index is 0.330. The third kappa shape index (κ3) is 2.81. The summed E-state index contributed by atoms with van der Waals surface area (Å²) >= 11 is 0. The Hall–Kier alpha value is -2.31. The third-order valence-electron chi connectivity index (χ3n) is 2.51. The first-order chi connectivity index (χ1) is 9.29. The lowest BCUT2D eigenvalue weighted by Gasteiger charge is -2.09. The Morgan fingerprint density at radius 1 is 1.05 bits per heavy atom. The van der Waals surface area contributed by atoms with Gasteiger partial charge < -0.3 is 0 Å². The highest BCUT2D eigenvalue weighted by molar-refractivity contribution is 6.09. The predicted molar refractivity (Wildman–Crippen MR) is 59.0 cm³/mol. The van der Waals surface area contributed by atoms with E-state index in [0.717, 1.165) is 18.5 Å². The molecular weight excluding hydrogens is 281 g/mol. The summed E-state index contributed by atoms with van der Waals surface area (Å²) in [5, 5.41) is 0. The summed E-state index contributed by atoms with van der Waals surface area (Å²) in [4.78, 5) is 15.3. The second-order valence-electron chi connectivity index (χ2n) is 3.91. The monoisotopic (exact) mass is 287 g/mol. The molecule has 7 heteroatoms. The summed E-state index contributed by atoms with van der Waals surface area (Å²) in [6.07, 6.45) is -2.94. The van der Waals surface area contributed by atoms with Crippen molar-refractivity contribution in [1.29, 1.82) is 0 Å². The molecule has 2 rings (SSSR count). The highest BCUT2D eigenvalue weighted by Gasteiger charge is 2.32. The molecule has 0 aliphatic carbocycles. The van der Waals surface area contributed by atoms with Gasteiger partial charge in [0.05, 0.1) is 17.3 Å². The summed E-state index contributed by atoms with van der Waals surface area (Å²) in [6, 6.07) is 2.23. The maximum Gasteiger partial charge on any atom is 0.416 e. The summed E-state index contributed by atoms with van der Waals surface area (Å²) in [6.45, 7) is 0. The number of rotatable bonds is 2. The van der Waals surface area contributed by atoms with E-state index in [1.165, 1.54) is 0 Å². The Bertz CT molecular complexity index is 666. The number of nitrogens with zero attached hydrogens (tertiary/aromatic N) is 1. The molecule has 1 heterocycles. The van der Waals surface area contributed by atoms with E-state index >= 15 is 0 Å². The molecule has 0 radical (unpaired) electrons. The lowest BCUT2D eigenvalue weighted by molar-refractivity contribution is -0.137. The average Bonchev–Trinajstić information content (AvgIpc) is 2.37. The predicted octanol–water partition coefficient (Wildman–Crippen LogP) is 3.61. The van der Waals surface area contributed by atoms with E-state index in [9.17, 15) is 26.7 Å². The van der Waals surface area contributed by atoms with Crippen LogP contribution in [0.2, 0.25) is 0 Å². The number of carbonyl (C=O) groups excluding carboxylic acids is 1. The molecule has 0 unspecified atom stereocenters. The van der Waals surface area contributed by atoms with Crippen molar-refractivity contribution in [3.8, 4) is 0 Å². The first kappa shape index (κ1) is 14.1. The number of alkyl halides is 3. The van der Waals surface area contributed by atoms with Crippen molar-refractivity contribution >= 4 is 5.78 Å². The molecule has 1 aromatic heterocycles. The Morgan fingerprint density at radius 3 is 2.35 bits per heavy atom. The Morgan fingerprint density at radius 2 is 1.75 bits per heavy atom. The molecule has 0 spiro atoms. The number of halogens is 5. The largest absolute Gasteiger partial charge is 0.416 e. The molecule has 0 atom stereocenters. The van der Waals surface area contributed by atoms with Crippen molar-refractivity contribution in [1.82, 2.24) is 4.98 Å². The Labute approximate surface area is 109 Å². The fourth-order valence-electron chi connectivity index (χ4n) is 1.57. The van der Waals surface area contributed by atoms with E-state index in [4.69, 9.17) is 0 Å². The average molecular weight is 287 g/mol. The molecular formula is C13H6F5NO. The van der Waals surface area contributed by atoms with Gasteiger partial charge in [-0.2, -0.15) is 13.2 Å². The summed E-state index contributed by atoms with van der Waals surface area (Å²) in [5.74, 6) is -3.03. The highest BCUT2D eigenvalue weighted by atomic mass is 19.4. The summed E-state index contributed by atoms with van der Waals surface area (Å²) in [7, 11) is 0. The van der Waals surface area contributed by atoms with Crippen LogP contribution in [0.4, 0.5) is 22.0 Å². The van der Waals surface area contributed by atoms with E-state index < -0.39 is 34.7 Å². The first-order valence-electron chi connectivity index (χ1n) is 5.31. The van der Waals surface area contributed by atoms with Gasteiger partial charge in [0, 0.05) is 11.8 Å². The van der Waals surface area contributed by atoms with Gasteiger partial charge in [0.15, 0.2) is 5.78 Å². The Kier molecular flexibility index (Phi) is 3.52. The zero-order valence-electron chi connectivity index (χ0n) is 9.71. The van der Waals surface area contributed by atoms with E-state index in [1.807, 2.05) is 0 Å². The van der Waals surface area contributed by atoms with Crippen molar-refractivity contribution in [2.45, 2.75) is 6.18 Å². The summed E-state index contributed by atoms with van der Waals surface area (Å²) < 4.78 is 64.0. The van der Waals surface area contributed by atoms with Gasteiger partial charge in [-0.15, -0.1) is 0 Å². The maximum atomic E-state index is 13.5. The maximum absolute atomic E-state index is 13.5. The van der Waals surface area contributed by atoms with Crippen LogP contribution in [0.15, 0.2) is 36.7 Å². The van der Waals surface area contributed by atoms with Gasteiger partial charge >= 0.3 is 6.18 Å². The first-order valence-corrected chi connectivity index (χ1v) is 5.31. The highest BCUT2D eigenvalue weighted by Crippen LogP contribution is 2.30. The Balaban J connectivity index is 2.49. The van der Waals surface area contributed by atoms with Crippen molar-refractivity contribution in [2.24, 2.45) is 0 Å². The number of carbonyl (C=O) groups is 1. The van der Waals surface area contributed by atoms with E-state index in [0.29, 0.717) is 18.2 Å². The molecule has 0 fully saturated rings. The molecule has 0 aliphatic rings. The van der Waals surface area contributed by atoms with Gasteiger partial charge in [0.25, 0.3) is 0 Å². The van der Waals surface area contributed by atoms with Crippen molar-refractivity contribution in [3.05, 3.63) is 65.0 Å². The molecule has 1 aromatic carbocycles. The van der Waals surface area contributed by atoms with Gasteiger partial charge in [0.1, 0.15) is 11.6 Å².